The monoisotopic (exact) mass is 489 g/mol. The highest BCUT2D eigenvalue weighted by Crippen LogP contribution is 2.36. The van der Waals surface area contributed by atoms with Gasteiger partial charge >= 0.3 is 5.97 Å². The van der Waals surface area contributed by atoms with E-state index in [4.69, 9.17) is 10.00 Å². The van der Waals surface area contributed by atoms with Crippen molar-refractivity contribution in [2.24, 2.45) is 0 Å². The van der Waals surface area contributed by atoms with Crippen LogP contribution >= 0.6 is 0 Å². The maximum absolute atomic E-state index is 13.4. The molecule has 8 nitrogen and oxygen atoms in total. The van der Waals surface area contributed by atoms with E-state index in [-0.39, 0.29) is 23.4 Å². The van der Waals surface area contributed by atoms with Crippen molar-refractivity contribution in [3.05, 3.63) is 95.6 Å². The summed E-state index contributed by atoms with van der Waals surface area (Å²) in [6.07, 6.45) is 0.277. The largest absolute Gasteiger partial charge is 0.456 e. The molecule has 0 spiro atoms. The average molecular weight is 490 g/mol. The zero-order valence-corrected chi connectivity index (χ0v) is 19.6. The average Bonchev–Trinajstić information content (AvgIpc) is 2.88. The molecule has 1 heterocycles. The Bertz CT molecular complexity index is 1380. The number of carbonyl (C=O) groups is 2. The molecule has 35 heavy (non-hydrogen) atoms. The van der Waals surface area contributed by atoms with Gasteiger partial charge in [0.2, 0.25) is 10.0 Å². The van der Waals surface area contributed by atoms with Crippen molar-refractivity contribution < 1.29 is 22.7 Å². The summed E-state index contributed by atoms with van der Waals surface area (Å²) >= 11 is 0. The van der Waals surface area contributed by atoms with Crippen molar-refractivity contribution in [1.82, 2.24) is 4.31 Å². The number of esters is 1. The molecule has 0 saturated carbocycles. The van der Waals surface area contributed by atoms with Crippen molar-refractivity contribution in [3.8, 4) is 6.07 Å². The zero-order valence-electron chi connectivity index (χ0n) is 18.8. The van der Waals surface area contributed by atoms with Crippen LogP contribution in [0, 0.1) is 11.3 Å². The summed E-state index contributed by atoms with van der Waals surface area (Å²) in [5, 5.41) is 11.7. The fourth-order valence-electron chi connectivity index (χ4n) is 4.09. The Kier molecular flexibility index (Phi) is 7.25. The van der Waals surface area contributed by atoms with Gasteiger partial charge in [-0.25, -0.2) is 8.42 Å². The van der Waals surface area contributed by atoms with Gasteiger partial charge in [0.1, 0.15) is 6.07 Å². The molecule has 3 aromatic carbocycles. The highest BCUT2D eigenvalue weighted by atomic mass is 32.2. The number of carbonyl (C=O) groups excluding carboxylic acids is 2. The van der Waals surface area contributed by atoms with Gasteiger partial charge < -0.3 is 10.1 Å². The van der Waals surface area contributed by atoms with Crippen LogP contribution < -0.4 is 5.32 Å². The lowest BCUT2D eigenvalue weighted by molar-refractivity contribution is -0.148. The molecule has 3 aromatic rings. The molecule has 1 aliphatic rings. The summed E-state index contributed by atoms with van der Waals surface area (Å²) in [5.41, 5.74) is 2.31. The van der Waals surface area contributed by atoms with E-state index < -0.39 is 34.5 Å². The van der Waals surface area contributed by atoms with Crippen molar-refractivity contribution in [2.75, 3.05) is 18.5 Å². The molecule has 0 radical (unpaired) electrons. The van der Waals surface area contributed by atoms with Crippen LogP contribution in [-0.4, -0.2) is 37.8 Å². The first-order chi connectivity index (χ1) is 16.9. The number of amides is 1. The Balaban J connectivity index is 1.49. The molecule has 1 N–H and O–H groups in total. The standard InChI is InChI=1S/C26H23N3O5S/c27-17-20-9-5-7-13-23(20)28-25(30)18-34-26(31)16-24-22-12-6-4-8-19(22)14-15-29(24)35(32,33)21-10-2-1-3-11-21/h1-13,24H,14-16,18H2,(H,28,30)/t24-/m1/s1. The van der Waals surface area contributed by atoms with Crippen LogP contribution in [0.4, 0.5) is 5.69 Å². The first kappa shape index (κ1) is 24.1. The van der Waals surface area contributed by atoms with Crippen LogP contribution in [-0.2, 0) is 30.8 Å². The van der Waals surface area contributed by atoms with Crippen molar-refractivity contribution in [3.63, 3.8) is 0 Å². The number of fused-ring (bicyclic) bond motifs is 1. The van der Waals surface area contributed by atoms with Gasteiger partial charge in [0.15, 0.2) is 6.61 Å². The lowest BCUT2D eigenvalue weighted by atomic mass is 9.92. The molecule has 9 heteroatoms. The number of anilines is 1. The van der Waals surface area contributed by atoms with Gasteiger partial charge in [0.25, 0.3) is 5.91 Å². The summed E-state index contributed by atoms with van der Waals surface area (Å²) in [6, 6.07) is 23.2. The van der Waals surface area contributed by atoms with E-state index in [1.807, 2.05) is 24.3 Å². The van der Waals surface area contributed by atoms with E-state index >= 15 is 0 Å². The lowest BCUT2D eigenvalue weighted by Gasteiger charge is -2.36. The van der Waals surface area contributed by atoms with Crippen molar-refractivity contribution >= 4 is 27.6 Å². The Morgan fingerprint density at radius 1 is 1.00 bits per heavy atom. The van der Waals surface area contributed by atoms with Crippen LogP contribution in [0.5, 0.6) is 0 Å². The van der Waals surface area contributed by atoms with Gasteiger partial charge in [-0.3, -0.25) is 9.59 Å². The Morgan fingerprint density at radius 3 is 2.46 bits per heavy atom. The number of para-hydroxylation sites is 1. The van der Waals surface area contributed by atoms with Gasteiger partial charge in [-0.1, -0.05) is 54.6 Å². The number of nitrogens with one attached hydrogen (secondary N) is 1. The third kappa shape index (κ3) is 5.40. The van der Waals surface area contributed by atoms with Crippen molar-refractivity contribution in [2.45, 2.75) is 23.8 Å². The zero-order chi connectivity index (χ0) is 24.8. The van der Waals surface area contributed by atoms with Gasteiger partial charge in [-0.15, -0.1) is 0 Å². The fraction of sp³-hybridized carbons (Fsp3) is 0.192. The number of nitriles is 1. The first-order valence-corrected chi connectivity index (χ1v) is 12.4. The van der Waals surface area contributed by atoms with Gasteiger partial charge in [-0.05, 0) is 41.8 Å². The highest BCUT2D eigenvalue weighted by molar-refractivity contribution is 7.89. The van der Waals surface area contributed by atoms with E-state index in [2.05, 4.69) is 5.32 Å². The second-order valence-corrected chi connectivity index (χ2v) is 9.85. The van der Waals surface area contributed by atoms with Crippen LogP contribution in [0.3, 0.4) is 0 Å². The Morgan fingerprint density at radius 2 is 1.69 bits per heavy atom. The highest BCUT2D eigenvalue weighted by Gasteiger charge is 2.37. The summed E-state index contributed by atoms with van der Waals surface area (Å²) in [5.74, 6) is -1.30. The molecule has 0 bridgehead atoms. The summed E-state index contributed by atoms with van der Waals surface area (Å²) in [7, 11) is -3.86. The smallest absolute Gasteiger partial charge is 0.308 e. The minimum atomic E-state index is -3.86. The molecule has 1 aliphatic heterocycles. The number of nitrogens with zero attached hydrogens (tertiary/aromatic N) is 2. The number of sulfonamides is 1. The number of rotatable bonds is 7. The third-order valence-corrected chi connectivity index (χ3v) is 7.68. The molecule has 4 rings (SSSR count). The number of hydrogen-bond acceptors (Lipinski definition) is 6. The summed E-state index contributed by atoms with van der Waals surface area (Å²) in [6.45, 7) is -0.337. The van der Waals surface area contributed by atoms with Crippen LogP contribution in [0.1, 0.15) is 29.2 Å². The molecular formula is C26H23N3O5S. The molecule has 178 valence electrons. The topological polar surface area (TPSA) is 117 Å². The first-order valence-electron chi connectivity index (χ1n) is 11.0. The molecule has 1 amide bonds. The van der Waals surface area contributed by atoms with Crippen molar-refractivity contribution in [1.29, 1.82) is 5.26 Å². The second kappa shape index (κ2) is 10.5. The molecule has 1 atom stereocenters. The Hall–Kier alpha value is -4.00. The summed E-state index contributed by atoms with van der Waals surface area (Å²) < 4.78 is 33.3. The molecular weight excluding hydrogens is 466 g/mol. The van der Waals surface area contributed by atoms with Gasteiger partial charge in [0.05, 0.1) is 28.6 Å². The fourth-order valence-corrected chi connectivity index (χ4v) is 5.72. The van der Waals surface area contributed by atoms with Crippen LogP contribution in [0.2, 0.25) is 0 Å². The molecule has 0 fully saturated rings. The van der Waals surface area contributed by atoms with E-state index in [0.717, 1.165) is 11.1 Å². The maximum Gasteiger partial charge on any atom is 0.308 e. The summed E-state index contributed by atoms with van der Waals surface area (Å²) in [4.78, 5) is 25.2. The predicted molar refractivity (Wildman–Crippen MR) is 129 cm³/mol. The van der Waals surface area contributed by atoms with Gasteiger partial charge in [0, 0.05) is 6.54 Å². The normalized spacial score (nSPS) is 15.5. The molecule has 0 aromatic heterocycles. The quantitative estimate of drug-likeness (QED) is 0.509. The number of benzene rings is 3. The van der Waals surface area contributed by atoms with Crippen LogP contribution in [0.15, 0.2) is 83.8 Å². The second-order valence-electron chi connectivity index (χ2n) is 7.96. The number of hydrogen-bond donors (Lipinski definition) is 1. The minimum absolute atomic E-state index is 0.147. The molecule has 0 unspecified atom stereocenters. The third-order valence-electron chi connectivity index (χ3n) is 5.76. The lowest BCUT2D eigenvalue weighted by Crippen LogP contribution is -2.41. The Labute approximate surface area is 203 Å². The SMILES string of the molecule is N#Cc1ccccc1NC(=O)COC(=O)C[C@@H]1c2ccccc2CCN1S(=O)(=O)c1ccccc1. The van der Waals surface area contributed by atoms with E-state index in [1.165, 1.54) is 16.4 Å². The molecule has 0 aliphatic carbocycles. The predicted octanol–water partition coefficient (Wildman–Crippen LogP) is 3.42. The minimum Gasteiger partial charge on any atom is -0.456 e. The van der Waals surface area contributed by atoms with E-state index in [9.17, 15) is 18.0 Å². The number of ether oxygens (including phenoxy) is 1. The maximum atomic E-state index is 13.4. The van der Waals surface area contributed by atoms with Crippen LogP contribution in [0.25, 0.3) is 0 Å². The molecule has 0 saturated heterocycles. The van der Waals surface area contributed by atoms with E-state index in [0.29, 0.717) is 12.1 Å². The van der Waals surface area contributed by atoms with E-state index in [1.54, 1.807) is 48.5 Å². The van der Waals surface area contributed by atoms with Gasteiger partial charge in [-0.2, -0.15) is 9.57 Å².